The molecule has 0 spiro atoms. The van der Waals surface area contributed by atoms with Gasteiger partial charge in [0.25, 0.3) is 0 Å². The summed E-state index contributed by atoms with van der Waals surface area (Å²) in [5, 5.41) is 19.9. The van der Waals surface area contributed by atoms with E-state index in [1.54, 1.807) is 18.2 Å². The van der Waals surface area contributed by atoms with Crippen molar-refractivity contribution in [1.82, 2.24) is 0 Å². The van der Waals surface area contributed by atoms with E-state index in [2.05, 4.69) is 6.07 Å². The molecule has 110 valence electrons. The number of hydrogen-bond acceptors (Lipinski definition) is 4. The van der Waals surface area contributed by atoms with Gasteiger partial charge in [-0.2, -0.15) is 5.26 Å². The second-order valence-corrected chi connectivity index (χ2v) is 5.66. The predicted molar refractivity (Wildman–Crippen MR) is 83.9 cm³/mol. The van der Waals surface area contributed by atoms with Crippen LogP contribution in [0.15, 0.2) is 47.9 Å². The first-order chi connectivity index (χ1) is 10.5. The minimum atomic E-state index is -0.427. The lowest BCUT2D eigenvalue weighted by Crippen LogP contribution is -2.21. The molecule has 4 nitrogen and oxygen atoms in total. The second kappa shape index (κ2) is 5.45. The topological polar surface area (TPSA) is 79.3 Å². The first-order valence-electron chi connectivity index (χ1n) is 6.36. The fraction of sp³-hybridized carbons (Fsp3) is 0.0625. The van der Waals surface area contributed by atoms with Gasteiger partial charge >= 0.3 is 0 Å². The van der Waals surface area contributed by atoms with E-state index in [4.69, 9.17) is 33.7 Å². The number of hydrogen-bond donors (Lipinski definition) is 2. The van der Waals surface area contributed by atoms with Crippen molar-refractivity contribution in [2.75, 3.05) is 0 Å². The van der Waals surface area contributed by atoms with Crippen LogP contribution >= 0.6 is 23.2 Å². The van der Waals surface area contributed by atoms with Gasteiger partial charge in [-0.05, 0) is 23.8 Å². The van der Waals surface area contributed by atoms with Crippen molar-refractivity contribution in [3.63, 3.8) is 0 Å². The van der Waals surface area contributed by atoms with Gasteiger partial charge in [-0.25, -0.2) is 0 Å². The summed E-state index contributed by atoms with van der Waals surface area (Å²) in [7, 11) is 0. The summed E-state index contributed by atoms with van der Waals surface area (Å²) in [6.45, 7) is 0. The highest BCUT2D eigenvalue weighted by Crippen LogP contribution is 2.45. The van der Waals surface area contributed by atoms with Gasteiger partial charge in [0.15, 0.2) is 0 Å². The Hall–Kier alpha value is -2.35. The molecule has 1 unspecified atom stereocenters. The number of phenolic OH excluding ortho intramolecular Hbond substituents is 1. The van der Waals surface area contributed by atoms with Gasteiger partial charge in [0.2, 0.25) is 5.88 Å². The fourth-order valence-electron chi connectivity index (χ4n) is 2.46. The van der Waals surface area contributed by atoms with E-state index in [0.717, 1.165) is 5.56 Å². The Bertz CT molecular complexity index is 823. The minimum Gasteiger partial charge on any atom is -0.506 e. The van der Waals surface area contributed by atoms with Gasteiger partial charge in [0.05, 0.1) is 10.9 Å². The highest BCUT2D eigenvalue weighted by molar-refractivity contribution is 6.32. The molecule has 0 aliphatic carbocycles. The fourth-order valence-corrected chi connectivity index (χ4v) is 2.76. The molecule has 0 fully saturated rings. The number of ether oxygens (including phenoxy) is 1. The molecule has 3 rings (SSSR count). The average Bonchev–Trinajstić information content (AvgIpc) is 2.49. The van der Waals surface area contributed by atoms with Crippen LogP contribution in [0, 0.1) is 11.3 Å². The smallest absolute Gasteiger partial charge is 0.205 e. The molecule has 22 heavy (non-hydrogen) atoms. The van der Waals surface area contributed by atoms with Gasteiger partial charge in [0.1, 0.15) is 23.1 Å². The Morgan fingerprint density at radius 2 is 1.86 bits per heavy atom. The van der Waals surface area contributed by atoms with Gasteiger partial charge < -0.3 is 15.6 Å². The van der Waals surface area contributed by atoms with Crippen molar-refractivity contribution in [1.29, 1.82) is 5.26 Å². The molecule has 0 bridgehead atoms. The first kappa shape index (κ1) is 14.6. The lowest BCUT2D eigenvalue weighted by atomic mass is 9.83. The van der Waals surface area contributed by atoms with Crippen LogP contribution in [0.25, 0.3) is 0 Å². The molecule has 0 aromatic heterocycles. The van der Waals surface area contributed by atoms with Crippen molar-refractivity contribution in [3.8, 4) is 17.6 Å². The third-order valence-corrected chi connectivity index (χ3v) is 4.04. The van der Waals surface area contributed by atoms with Crippen LogP contribution in [0.4, 0.5) is 0 Å². The van der Waals surface area contributed by atoms with E-state index in [1.807, 2.05) is 12.1 Å². The van der Waals surface area contributed by atoms with Gasteiger partial charge in [0, 0.05) is 16.7 Å². The standard InChI is InChI=1S/C16H10Cl2N2O2/c17-9-3-1-8(2-4-9)15-10-5-12(18)13(21)6-14(10)22-16(20)11(15)7-19/h1-6,15,21H,20H2. The Morgan fingerprint density at radius 1 is 1.18 bits per heavy atom. The molecule has 1 aliphatic rings. The van der Waals surface area contributed by atoms with Crippen molar-refractivity contribution in [2.45, 2.75) is 5.92 Å². The monoisotopic (exact) mass is 332 g/mol. The van der Waals surface area contributed by atoms with Crippen molar-refractivity contribution in [3.05, 3.63) is 69.0 Å². The highest BCUT2D eigenvalue weighted by atomic mass is 35.5. The minimum absolute atomic E-state index is 0.0108. The number of nitriles is 1. The zero-order chi connectivity index (χ0) is 15.9. The maximum atomic E-state index is 9.73. The summed E-state index contributed by atoms with van der Waals surface area (Å²) in [6, 6.07) is 12.1. The van der Waals surface area contributed by atoms with Gasteiger partial charge in [-0.1, -0.05) is 35.3 Å². The number of aromatic hydroxyl groups is 1. The summed E-state index contributed by atoms with van der Waals surface area (Å²) in [6.07, 6.45) is 0. The van der Waals surface area contributed by atoms with Crippen molar-refractivity contribution in [2.24, 2.45) is 5.73 Å². The summed E-state index contributed by atoms with van der Waals surface area (Å²) >= 11 is 11.9. The lowest BCUT2D eigenvalue weighted by molar-refractivity contribution is 0.388. The highest BCUT2D eigenvalue weighted by Gasteiger charge is 2.31. The number of nitrogens with two attached hydrogens (primary N) is 1. The number of phenols is 1. The molecule has 0 radical (unpaired) electrons. The van der Waals surface area contributed by atoms with Gasteiger partial charge in [-0.3, -0.25) is 0 Å². The molecule has 0 amide bonds. The molecule has 1 aliphatic heterocycles. The van der Waals surface area contributed by atoms with Crippen molar-refractivity contribution >= 4 is 23.2 Å². The SMILES string of the molecule is N#CC1=C(N)Oc2cc(O)c(Cl)cc2C1c1ccc(Cl)cc1. The quantitative estimate of drug-likeness (QED) is 0.829. The molecule has 2 aromatic rings. The number of halogens is 2. The third kappa shape index (κ3) is 2.35. The first-order valence-corrected chi connectivity index (χ1v) is 7.12. The molecule has 2 aromatic carbocycles. The maximum Gasteiger partial charge on any atom is 0.205 e. The Balaban J connectivity index is 2.24. The third-order valence-electron chi connectivity index (χ3n) is 3.49. The van der Waals surface area contributed by atoms with E-state index in [1.165, 1.54) is 6.07 Å². The number of allylic oxidation sites excluding steroid dienone is 1. The number of benzene rings is 2. The number of rotatable bonds is 1. The van der Waals surface area contributed by atoms with E-state index in [0.29, 0.717) is 16.3 Å². The molecule has 0 saturated heterocycles. The lowest BCUT2D eigenvalue weighted by Gasteiger charge is -2.26. The summed E-state index contributed by atoms with van der Waals surface area (Å²) in [5.41, 5.74) is 7.62. The normalized spacial score (nSPS) is 16.7. The van der Waals surface area contributed by atoms with Crippen LogP contribution < -0.4 is 10.5 Å². The molecule has 1 heterocycles. The van der Waals surface area contributed by atoms with Crippen LogP contribution in [0.2, 0.25) is 10.0 Å². The molecule has 6 heteroatoms. The van der Waals surface area contributed by atoms with Crippen LogP contribution in [0.1, 0.15) is 17.0 Å². The molecular formula is C16H10Cl2N2O2. The van der Waals surface area contributed by atoms with E-state index in [9.17, 15) is 10.4 Å². The Labute approximate surface area is 136 Å². The van der Waals surface area contributed by atoms with Crippen molar-refractivity contribution < 1.29 is 9.84 Å². The Morgan fingerprint density at radius 3 is 2.50 bits per heavy atom. The average molecular weight is 333 g/mol. The molecule has 3 N–H and O–H groups in total. The summed E-state index contributed by atoms with van der Waals surface area (Å²) in [5.74, 6) is -0.150. The van der Waals surface area contributed by atoms with Gasteiger partial charge in [-0.15, -0.1) is 0 Å². The van der Waals surface area contributed by atoms with Crippen LogP contribution in [-0.4, -0.2) is 5.11 Å². The Kier molecular flexibility index (Phi) is 3.61. The van der Waals surface area contributed by atoms with Crippen LogP contribution in [-0.2, 0) is 0 Å². The molecule has 0 saturated carbocycles. The predicted octanol–water partition coefficient (Wildman–Crippen LogP) is 3.92. The maximum absolute atomic E-state index is 9.73. The number of fused-ring (bicyclic) bond motifs is 1. The largest absolute Gasteiger partial charge is 0.506 e. The molecule has 1 atom stereocenters. The summed E-state index contributed by atoms with van der Waals surface area (Å²) in [4.78, 5) is 0. The molecular weight excluding hydrogens is 323 g/mol. The summed E-state index contributed by atoms with van der Waals surface area (Å²) < 4.78 is 5.44. The van der Waals surface area contributed by atoms with E-state index >= 15 is 0 Å². The zero-order valence-electron chi connectivity index (χ0n) is 11.2. The van der Waals surface area contributed by atoms with Crippen LogP contribution in [0.3, 0.4) is 0 Å². The van der Waals surface area contributed by atoms with E-state index in [-0.39, 0.29) is 22.2 Å². The number of nitrogens with zero attached hydrogens (tertiary/aromatic N) is 1. The van der Waals surface area contributed by atoms with E-state index < -0.39 is 5.92 Å². The second-order valence-electron chi connectivity index (χ2n) is 4.82. The van der Waals surface area contributed by atoms with Crippen LogP contribution in [0.5, 0.6) is 11.5 Å². The zero-order valence-corrected chi connectivity index (χ0v) is 12.7.